The second-order valence-corrected chi connectivity index (χ2v) is 7.99. The summed E-state index contributed by atoms with van der Waals surface area (Å²) in [5, 5.41) is 2.95. The first-order valence-corrected chi connectivity index (χ1v) is 10.3. The van der Waals surface area contributed by atoms with E-state index in [1.807, 2.05) is 30.0 Å². The van der Waals surface area contributed by atoms with Crippen LogP contribution in [0.3, 0.4) is 0 Å². The lowest BCUT2D eigenvalue weighted by Gasteiger charge is -2.26. The first-order chi connectivity index (χ1) is 12.2. The number of nitrogens with zero attached hydrogens (tertiary/aromatic N) is 2. The number of rotatable bonds is 5. The summed E-state index contributed by atoms with van der Waals surface area (Å²) in [4.78, 5) is 28.5. The van der Waals surface area contributed by atoms with Gasteiger partial charge in [0.15, 0.2) is 0 Å². The van der Waals surface area contributed by atoms with Crippen LogP contribution in [0, 0.1) is 0 Å². The molecule has 1 aromatic rings. The van der Waals surface area contributed by atoms with Crippen LogP contribution in [0.4, 0.5) is 5.69 Å². The molecule has 2 saturated heterocycles. The summed E-state index contributed by atoms with van der Waals surface area (Å²) in [5.74, 6) is 2.38. The molecule has 136 valence electrons. The van der Waals surface area contributed by atoms with Crippen LogP contribution < -0.4 is 5.32 Å². The molecule has 2 aliphatic heterocycles. The van der Waals surface area contributed by atoms with E-state index in [9.17, 15) is 9.59 Å². The maximum Gasteiger partial charge on any atom is 0.243 e. The minimum absolute atomic E-state index is 0.101. The van der Waals surface area contributed by atoms with Crippen molar-refractivity contribution in [1.29, 1.82) is 0 Å². The fraction of sp³-hybridized carbons (Fsp3) is 0.579. The number of nitrogens with one attached hydrogen (secondary N) is 1. The van der Waals surface area contributed by atoms with Crippen molar-refractivity contribution in [2.24, 2.45) is 0 Å². The number of carbonyl (C=O) groups excluding carboxylic acids is 2. The lowest BCUT2D eigenvalue weighted by atomic mass is 10.2. The minimum Gasteiger partial charge on any atom is -0.333 e. The second kappa shape index (κ2) is 9.25. The summed E-state index contributed by atoms with van der Waals surface area (Å²) < 4.78 is 0. The van der Waals surface area contributed by atoms with Crippen LogP contribution in [-0.2, 0) is 16.1 Å². The molecule has 0 radical (unpaired) electrons. The highest BCUT2D eigenvalue weighted by Crippen LogP contribution is 2.16. The summed E-state index contributed by atoms with van der Waals surface area (Å²) in [6.45, 7) is 4.03. The van der Waals surface area contributed by atoms with Crippen LogP contribution in [0.5, 0.6) is 0 Å². The number of hydrogen-bond acceptors (Lipinski definition) is 4. The molecule has 1 aromatic carbocycles. The molecule has 2 amide bonds. The van der Waals surface area contributed by atoms with Crippen molar-refractivity contribution < 1.29 is 9.59 Å². The monoisotopic (exact) mass is 361 g/mol. The van der Waals surface area contributed by atoms with E-state index in [0.29, 0.717) is 13.0 Å². The third kappa shape index (κ3) is 5.75. The zero-order valence-corrected chi connectivity index (χ0v) is 15.5. The van der Waals surface area contributed by atoms with Gasteiger partial charge < -0.3 is 10.2 Å². The van der Waals surface area contributed by atoms with Gasteiger partial charge in [-0.1, -0.05) is 18.6 Å². The number of amides is 2. The van der Waals surface area contributed by atoms with Crippen molar-refractivity contribution >= 4 is 29.3 Å². The van der Waals surface area contributed by atoms with Crippen LogP contribution in [0.15, 0.2) is 24.3 Å². The summed E-state index contributed by atoms with van der Waals surface area (Å²) in [6, 6.07) is 8.05. The smallest absolute Gasteiger partial charge is 0.243 e. The molecular weight excluding hydrogens is 334 g/mol. The van der Waals surface area contributed by atoms with Crippen molar-refractivity contribution in [3.05, 3.63) is 29.8 Å². The van der Waals surface area contributed by atoms with Gasteiger partial charge in [-0.15, -0.1) is 0 Å². The van der Waals surface area contributed by atoms with Crippen LogP contribution >= 0.6 is 11.8 Å². The van der Waals surface area contributed by atoms with Crippen molar-refractivity contribution in [2.75, 3.05) is 43.0 Å². The zero-order chi connectivity index (χ0) is 17.5. The topological polar surface area (TPSA) is 52.7 Å². The molecule has 0 aliphatic carbocycles. The Hall–Kier alpha value is -1.53. The van der Waals surface area contributed by atoms with Gasteiger partial charge >= 0.3 is 0 Å². The Kier molecular flexibility index (Phi) is 6.76. The van der Waals surface area contributed by atoms with Gasteiger partial charge in [0.05, 0.1) is 6.54 Å². The van der Waals surface area contributed by atoms with Gasteiger partial charge in [0, 0.05) is 49.8 Å². The Labute approximate surface area is 154 Å². The van der Waals surface area contributed by atoms with Crippen LogP contribution in [-0.4, -0.2) is 59.3 Å². The fourth-order valence-corrected chi connectivity index (χ4v) is 4.32. The highest BCUT2D eigenvalue weighted by Gasteiger charge is 2.19. The molecule has 1 N–H and O–H groups in total. The highest BCUT2D eigenvalue weighted by atomic mass is 32.2. The van der Waals surface area contributed by atoms with E-state index in [-0.39, 0.29) is 18.4 Å². The number of hydrogen-bond donors (Lipinski definition) is 1. The Morgan fingerprint density at radius 1 is 1.12 bits per heavy atom. The summed E-state index contributed by atoms with van der Waals surface area (Å²) in [5.41, 5.74) is 2.03. The molecule has 6 heteroatoms. The van der Waals surface area contributed by atoms with E-state index >= 15 is 0 Å². The first kappa shape index (κ1) is 18.3. The largest absolute Gasteiger partial charge is 0.333 e. The third-order valence-electron chi connectivity index (χ3n) is 4.73. The van der Waals surface area contributed by atoms with Gasteiger partial charge in [-0.05, 0) is 30.5 Å². The van der Waals surface area contributed by atoms with E-state index in [0.717, 1.165) is 44.6 Å². The molecule has 2 aliphatic rings. The van der Waals surface area contributed by atoms with Gasteiger partial charge in [0.2, 0.25) is 11.8 Å². The molecule has 0 aromatic heterocycles. The number of thioether (sulfide) groups is 1. The number of likely N-dealkylation sites (tertiary alicyclic amines) is 1. The van der Waals surface area contributed by atoms with Gasteiger partial charge in [-0.2, -0.15) is 11.8 Å². The molecule has 0 bridgehead atoms. The fourth-order valence-electron chi connectivity index (χ4n) is 3.34. The predicted octanol–water partition coefficient (Wildman–Crippen LogP) is 2.58. The number of anilines is 1. The maximum atomic E-state index is 12.3. The highest BCUT2D eigenvalue weighted by molar-refractivity contribution is 7.99. The Morgan fingerprint density at radius 2 is 1.96 bits per heavy atom. The molecule has 25 heavy (non-hydrogen) atoms. The Bertz CT molecular complexity index is 602. The third-order valence-corrected chi connectivity index (χ3v) is 5.67. The molecule has 2 fully saturated rings. The predicted molar refractivity (Wildman–Crippen MR) is 103 cm³/mol. The molecule has 3 rings (SSSR count). The van der Waals surface area contributed by atoms with Gasteiger partial charge in [-0.25, -0.2) is 0 Å². The summed E-state index contributed by atoms with van der Waals surface area (Å²) in [7, 11) is 0. The van der Waals surface area contributed by atoms with Crippen molar-refractivity contribution in [1.82, 2.24) is 9.80 Å². The Balaban J connectivity index is 1.53. The molecule has 0 atom stereocenters. The maximum absolute atomic E-state index is 12.3. The Morgan fingerprint density at radius 3 is 2.80 bits per heavy atom. The molecular formula is C19H27N3O2S. The van der Waals surface area contributed by atoms with E-state index in [2.05, 4.69) is 16.3 Å². The van der Waals surface area contributed by atoms with Crippen LogP contribution in [0.1, 0.15) is 31.2 Å². The lowest BCUT2D eigenvalue weighted by molar-refractivity contribution is -0.134. The van der Waals surface area contributed by atoms with Crippen LogP contribution in [0.2, 0.25) is 0 Å². The van der Waals surface area contributed by atoms with E-state index in [1.165, 1.54) is 17.1 Å². The summed E-state index contributed by atoms with van der Waals surface area (Å²) in [6.07, 6.45) is 3.56. The molecule has 5 nitrogen and oxygen atoms in total. The summed E-state index contributed by atoms with van der Waals surface area (Å²) >= 11 is 2.01. The van der Waals surface area contributed by atoms with Crippen molar-refractivity contribution in [3.8, 4) is 0 Å². The first-order valence-electron chi connectivity index (χ1n) is 9.17. The van der Waals surface area contributed by atoms with Gasteiger partial charge in [-0.3, -0.25) is 14.5 Å². The van der Waals surface area contributed by atoms with E-state index in [4.69, 9.17) is 0 Å². The molecule has 0 unspecified atom stereocenters. The average Bonchev–Trinajstić information content (AvgIpc) is 2.81. The SMILES string of the molecule is O=C(CN1CCCCCC1=O)Nc1cccc(CN2CCSCC2)c1. The molecule has 0 spiro atoms. The molecule has 0 saturated carbocycles. The quantitative estimate of drug-likeness (QED) is 0.876. The number of benzene rings is 1. The second-order valence-electron chi connectivity index (χ2n) is 6.76. The minimum atomic E-state index is -0.109. The standard InChI is InChI=1S/C19H27N3O2S/c23-18(15-22-8-3-1-2-7-19(22)24)20-17-6-4-5-16(13-17)14-21-9-11-25-12-10-21/h4-6,13H,1-3,7-12,14-15H2,(H,20,23). The average molecular weight is 362 g/mol. The zero-order valence-electron chi connectivity index (χ0n) is 14.7. The van der Waals surface area contributed by atoms with E-state index in [1.54, 1.807) is 4.90 Å². The van der Waals surface area contributed by atoms with Gasteiger partial charge in [0.25, 0.3) is 0 Å². The van der Waals surface area contributed by atoms with Gasteiger partial charge in [0.1, 0.15) is 0 Å². The van der Waals surface area contributed by atoms with E-state index < -0.39 is 0 Å². The number of carbonyl (C=O) groups is 2. The van der Waals surface area contributed by atoms with Crippen molar-refractivity contribution in [2.45, 2.75) is 32.2 Å². The van der Waals surface area contributed by atoms with Crippen molar-refractivity contribution in [3.63, 3.8) is 0 Å². The normalized spacial score (nSPS) is 19.5. The molecule has 2 heterocycles. The lowest BCUT2D eigenvalue weighted by Crippen LogP contribution is -2.37. The van der Waals surface area contributed by atoms with Crippen LogP contribution in [0.25, 0.3) is 0 Å².